The third-order valence-electron chi connectivity index (χ3n) is 4.84. The Bertz CT molecular complexity index is 705. The van der Waals surface area contributed by atoms with Crippen LogP contribution in [0, 0.1) is 5.92 Å². The van der Waals surface area contributed by atoms with Gasteiger partial charge in [-0.3, -0.25) is 9.78 Å². The van der Waals surface area contributed by atoms with Crippen molar-refractivity contribution < 1.29 is 4.79 Å². The lowest BCUT2D eigenvalue weighted by atomic mass is 10.0. The summed E-state index contributed by atoms with van der Waals surface area (Å²) in [4.78, 5) is 23.4. The van der Waals surface area contributed by atoms with E-state index >= 15 is 0 Å². The lowest BCUT2D eigenvalue weighted by Gasteiger charge is -2.32. The van der Waals surface area contributed by atoms with Gasteiger partial charge in [0.2, 0.25) is 0 Å². The molecule has 1 N–H and O–H groups in total. The molecule has 1 amide bonds. The summed E-state index contributed by atoms with van der Waals surface area (Å²) in [6.45, 7) is 2.75. The number of piperidine rings is 1. The number of amides is 1. The molecule has 1 aromatic heterocycles. The predicted octanol–water partition coefficient (Wildman–Crippen LogP) is 2.23. The van der Waals surface area contributed by atoms with Gasteiger partial charge in [-0.1, -0.05) is 12.1 Å². The van der Waals surface area contributed by atoms with E-state index in [9.17, 15) is 4.79 Å². The van der Waals surface area contributed by atoms with Gasteiger partial charge in [-0.05, 0) is 50.3 Å². The molecule has 2 fully saturated rings. The minimum atomic E-state index is 0.00361. The van der Waals surface area contributed by atoms with Crippen molar-refractivity contribution in [3.05, 3.63) is 36.2 Å². The third kappa shape index (κ3) is 3.34. The molecule has 0 radical (unpaired) electrons. The van der Waals surface area contributed by atoms with Crippen LogP contribution in [-0.4, -0.2) is 46.5 Å². The first-order chi connectivity index (χ1) is 11.3. The summed E-state index contributed by atoms with van der Waals surface area (Å²) in [7, 11) is 0. The number of carbonyl (C=O) groups is 1. The van der Waals surface area contributed by atoms with Gasteiger partial charge in [0.25, 0.3) is 5.91 Å². The van der Waals surface area contributed by atoms with Crippen molar-refractivity contribution in [1.82, 2.24) is 20.2 Å². The molecule has 1 saturated heterocycles. The second-order valence-electron chi connectivity index (χ2n) is 6.66. The SMILES string of the molecule is O=C(c1cnc2ccccc2n1)N1CCC(NCC2CC2)CC1. The largest absolute Gasteiger partial charge is 0.337 e. The summed E-state index contributed by atoms with van der Waals surface area (Å²) in [6, 6.07) is 8.21. The molecule has 1 aliphatic carbocycles. The topological polar surface area (TPSA) is 58.1 Å². The Balaban J connectivity index is 1.38. The maximum Gasteiger partial charge on any atom is 0.274 e. The fourth-order valence-electron chi connectivity index (χ4n) is 3.16. The number of nitrogens with one attached hydrogen (secondary N) is 1. The highest BCUT2D eigenvalue weighted by molar-refractivity contribution is 5.93. The number of nitrogens with zero attached hydrogens (tertiary/aromatic N) is 3. The Kier molecular flexibility index (Phi) is 3.95. The van der Waals surface area contributed by atoms with Crippen molar-refractivity contribution in [2.45, 2.75) is 31.7 Å². The van der Waals surface area contributed by atoms with Crippen LogP contribution in [0.15, 0.2) is 30.5 Å². The summed E-state index contributed by atoms with van der Waals surface area (Å²) in [5, 5.41) is 3.64. The van der Waals surface area contributed by atoms with Crippen LogP contribution in [0.2, 0.25) is 0 Å². The molecule has 4 rings (SSSR count). The van der Waals surface area contributed by atoms with Gasteiger partial charge in [-0.15, -0.1) is 0 Å². The number of hydrogen-bond donors (Lipinski definition) is 1. The van der Waals surface area contributed by atoms with E-state index in [2.05, 4.69) is 15.3 Å². The fourth-order valence-corrected chi connectivity index (χ4v) is 3.16. The first-order valence-corrected chi connectivity index (χ1v) is 8.54. The zero-order valence-electron chi connectivity index (χ0n) is 13.2. The summed E-state index contributed by atoms with van der Waals surface area (Å²) in [5.74, 6) is 0.909. The number of para-hydroxylation sites is 2. The number of hydrogen-bond acceptors (Lipinski definition) is 4. The Morgan fingerprint density at radius 3 is 2.61 bits per heavy atom. The predicted molar refractivity (Wildman–Crippen MR) is 89.2 cm³/mol. The molecule has 23 heavy (non-hydrogen) atoms. The van der Waals surface area contributed by atoms with Gasteiger partial charge in [0.15, 0.2) is 0 Å². The van der Waals surface area contributed by atoms with Crippen molar-refractivity contribution in [3.8, 4) is 0 Å². The number of benzene rings is 1. The Morgan fingerprint density at radius 2 is 1.87 bits per heavy atom. The van der Waals surface area contributed by atoms with Gasteiger partial charge in [-0.2, -0.15) is 0 Å². The van der Waals surface area contributed by atoms with Crippen molar-refractivity contribution in [2.24, 2.45) is 5.92 Å². The molecule has 2 heterocycles. The summed E-state index contributed by atoms with van der Waals surface area (Å²) < 4.78 is 0. The van der Waals surface area contributed by atoms with E-state index in [1.165, 1.54) is 12.8 Å². The van der Waals surface area contributed by atoms with Crippen LogP contribution >= 0.6 is 0 Å². The van der Waals surface area contributed by atoms with Gasteiger partial charge in [-0.25, -0.2) is 4.98 Å². The van der Waals surface area contributed by atoms with E-state index < -0.39 is 0 Å². The molecule has 1 aromatic carbocycles. The highest BCUT2D eigenvalue weighted by Gasteiger charge is 2.26. The number of rotatable bonds is 4. The van der Waals surface area contributed by atoms with E-state index in [1.54, 1.807) is 6.20 Å². The molecule has 5 nitrogen and oxygen atoms in total. The second-order valence-corrected chi connectivity index (χ2v) is 6.66. The van der Waals surface area contributed by atoms with Gasteiger partial charge in [0.05, 0.1) is 17.2 Å². The minimum absolute atomic E-state index is 0.00361. The highest BCUT2D eigenvalue weighted by Crippen LogP contribution is 2.28. The summed E-state index contributed by atoms with van der Waals surface area (Å²) in [5.41, 5.74) is 2.06. The van der Waals surface area contributed by atoms with Crippen LogP contribution in [-0.2, 0) is 0 Å². The number of aromatic nitrogens is 2. The van der Waals surface area contributed by atoms with E-state index in [0.29, 0.717) is 11.7 Å². The highest BCUT2D eigenvalue weighted by atomic mass is 16.2. The van der Waals surface area contributed by atoms with Crippen molar-refractivity contribution in [2.75, 3.05) is 19.6 Å². The minimum Gasteiger partial charge on any atom is -0.337 e. The molecule has 5 heteroatoms. The quantitative estimate of drug-likeness (QED) is 0.941. The Hall–Kier alpha value is -2.01. The van der Waals surface area contributed by atoms with Crippen LogP contribution in [0.3, 0.4) is 0 Å². The summed E-state index contributed by atoms with van der Waals surface area (Å²) >= 11 is 0. The average molecular weight is 310 g/mol. The van der Waals surface area contributed by atoms with Crippen molar-refractivity contribution in [1.29, 1.82) is 0 Å². The number of likely N-dealkylation sites (tertiary alicyclic amines) is 1. The maximum absolute atomic E-state index is 12.6. The van der Waals surface area contributed by atoms with Crippen LogP contribution in [0.4, 0.5) is 0 Å². The molecule has 1 saturated carbocycles. The number of carbonyl (C=O) groups excluding carboxylic acids is 1. The molecular formula is C18H22N4O. The zero-order chi connectivity index (χ0) is 15.6. The van der Waals surface area contributed by atoms with Crippen LogP contribution in [0.25, 0.3) is 11.0 Å². The first kappa shape index (κ1) is 14.6. The Morgan fingerprint density at radius 1 is 1.13 bits per heavy atom. The van der Waals surface area contributed by atoms with E-state index in [0.717, 1.165) is 49.4 Å². The molecule has 0 unspecified atom stereocenters. The van der Waals surface area contributed by atoms with Gasteiger partial charge >= 0.3 is 0 Å². The molecular weight excluding hydrogens is 288 g/mol. The van der Waals surface area contributed by atoms with Crippen LogP contribution in [0.1, 0.15) is 36.2 Å². The summed E-state index contributed by atoms with van der Waals surface area (Å²) in [6.07, 6.45) is 6.41. The van der Waals surface area contributed by atoms with E-state index in [4.69, 9.17) is 0 Å². The number of fused-ring (bicyclic) bond motifs is 1. The van der Waals surface area contributed by atoms with Crippen LogP contribution < -0.4 is 5.32 Å². The Labute approximate surface area is 136 Å². The molecule has 0 bridgehead atoms. The maximum atomic E-state index is 12.6. The normalized spacial score (nSPS) is 19.2. The lowest BCUT2D eigenvalue weighted by Crippen LogP contribution is -2.45. The van der Waals surface area contributed by atoms with Gasteiger partial charge in [0.1, 0.15) is 5.69 Å². The molecule has 1 aliphatic heterocycles. The molecule has 120 valence electrons. The first-order valence-electron chi connectivity index (χ1n) is 8.54. The molecule has 0 spiro atoms. The van der Waals surface area contributed by atoms with Crippen LogP contribution in [0.5, 0.6) is 0 Å². The van der Waals surface area contributed by atoms with Gasteiger partial charge < -0.3 is 10.2 Å². The average Bonchev–Trinajstić information content (AvgIpc) is 3.44. The smallest absolute Gasteiger partial charge is 0.274 e. The molecule has 2 aliphatic rings. The standard InChI is InChI=1S/C18H22N4O/c23-18(17-12-20-15-3-1-2-4-16(15)21-17)22-9-7-14(8-10-22)19-11-13-5-6-13/h1-4,12-14,19H,5-11H2. The van der Waals surface area contributed by atoms with E-state index in [-0.39, 0.29) is 5.91 Å². The van der Waals surface area contributed by atoms with Crippen molar-refractivity contribution in [3.63, 3.8) is 0 Å². The monoisotopic (exact) mass is 310 g/mol. The van der Waals surface area contributed by atoms with E-state index in [1.807, 2.05) is 29.2 Å². The zero-order valence-corrected chi connectivity index (χ0v) is 13.2. The third-order valence-corrected chi connectivity index (χ3v) is 4.84. The fraction of sp³-hybridized carbons (Fsp3) is 0.500. The second kappa shape index (κ2) is 6.24. The lowest BCUT2D eigenvalue weighted by molar-refractivity contribution is 0.0699. The van der Waals surface area contributed by atoms with Crippen molar-refractivity contribution >= 4 is 16.9 Å². The molecule has 0 atom stereocenters. The van der Waals surface area contributed by atoms with Gasteiger partial charge in [0, 0.05) is 19.1 Å². The molecule has 2 aromatic rings.